The Morgan fingerprint density at radius 3 is 2.22 bits per heavy atom. The largest absolute Gasteiger partial charge is 0.314 e. The van der Waals surface area contributed by atoms with Gasteiger partial charge in [-0.1, -0.05) is 0 Å². The van der Waals surface area contributed by atoms with Gasteiger partial charge in [-0.25, -0.2) is 0 Å². The van der Waals surface area contributed by atoms with E-state index in [1.54, 1.807) is 5.32 Å². The van der Waals surface area contributed by atoms with Crippen LogP contribution in [0.3, 0.4) is 0 Å². The summed E-state index contributed by atoms with van der Waals surface area (Å²) < 4.78 is 59.0. The number of nitrogens with zero attached hydrogens (tertiary/aromatic N) is 1. The Bertz CT molecular complexity index is 257. The number of hydrogen-bond donors (Lipinski definition) is 1. The lowest BCUT2D eigenvalue weighted by Crippen LogP contribution is -2.40. The number of rotatable bonds is 0. The summed E-state index contributed by atoms with van der Waals surface area (Å²) >= 11 is 0. The highest BCUT2D eigenvalue weighted by Crippen LogP contribution is 1.82. The van der Waals surface area contributed by atoms with Gasteiger partial charge in [0.25, 0.3) is 0 Å². The van der Waals surface area contributed by atoms with Crippen LogP contribution in [0, 0.1) is 0 Å². The third-order valence-electron chi connectivity index (χ3n) is 0.572. The maximum absolute atomic E-state index is 7.42. The van der Waals surface area contributed by atoms with Crippen molar-refractivity contribution in [3.8, 4) is 0 Å². The van der Waals surface area contributed by atoms with Gasteiger partial charge in [0.1, 0.15) is 0 Å². The summed E-state index contributed by atoms with van der Waals surface area (Å²) in [5.41, 5.74) is 0. The fourth-order valence-electron chi connectivity index (χ4n) is 0.283. The van der Waals surface area contributed by atoms with Crippen molar-refractivity contribution in [2.45, 2.75) is 0 Å². The van der Waals surface area contributed by atoms with Crippen molar-refractivity contribution in [2.24, 2.45) is 0 Å². The van der Waals surface area contributed by atoms with E-state index >= 15 is 0 Å². The molecule has 1 saturated heterocycles. The van der Waals surface area contributed by atoms with E-state index < -0.39 is 26.0 Å². The molecule has 2 nitrogen and oxygen atoms in total. The van der Waals surface area contributed by atoms with E-state index in [0.717, 1.165) is 7.05 Å². The lowest BCUT2D eigenvalue weighted by atomic mass is 10.4. The Morgan fingerprint density at radius 2 is 1.78 bits per heavy atom. The summed E-state index contributed by atoms with van der Waals surface area (Å²) in [5.74, 6) is 0. The number of hydrogen-bond acceptors (Lipinski definition) is 2. The molecular weight excluding hydrogens is 159 g/mol. The van der Waals surface area contributed by atoms with E-state index in [0.29, 0.717) is 4.90 Å². The minimum absolute atomic E-state index is 0. The predicted molar refractivity (Wildman–Crippen MR) is 44.9 cm³/mol. The highest BCUT2D eigenvalue weighted by atomic mass is 35.5. The Morgan fingerprint density at radius 1 is 1.33 bits per heavy atom. The third kappa shape index (κ3) is 4.97. The van der Waals surface area contributed by atoms with Crippen LogP contribution in [0.5, 0.6) is 0 Å². The molecule has 1 rings (SSSR count). The van der Waals surface area contributed by atoms with E-state index in [1.165, 1.54) is 0 Å². The van der Waals surface area contributed by atoms with Gasteiger partial charge in [-0.2, -0.15) is 0 Å². The van der Waals surface area contributed by atoms with Crippen molar-refractivity contribution in [2.75, 3.05) is 33.0 Å². The van der Waals surface area contributed by atoms with E-state index in [9.17, 15) is 0 Å². The number of halogens is 2. The first-order valence-electron chi connectivity index (χ1n) is 5.89. The van der Waals surface area contributed by atoms with Gasteiger partial charge in [0.15, 0.2) is 0 Å². The van der Waals surface area contributed by atoms with Crippen LogP contribution in [0.2, 0.25) is 0 Å². The van der Waals surface area contributed by atoms with Crippen LogP contribution in [0.15, 0.2) is 0 Å². The van der Waals surface area contributed by atoms with Crippen LogP contribution in [0.25, 0.3) is 0 Å². The Balaban J connectivity index is 0. The van der Waals surface area contributed by atoms with Crippen molar-refractivity contribution in [3.05, 3.63) is 0 Å². The van der Waals surface area contributed by atoms with Crippen LogP contribution >= 0.6 is 24.8 Å². The van der Waals surface area contributed by atoms with Gasteiger partial charge in [-0.3, -0.25) is 0 Å². The van der Waals surface area contributed by atoms with E-state index in [2.05, 4.69) is 0 Å². The Hall–Kier alpha value is 0.500. The molecule has 1 aliphatic heterocycles. The maximum atomic E-state index is 7.42. The van der Waals surface area contributed by atoms with E-state index in [4.69, 9.17) is 11.0 Å². The molecular formula is C5H14Cl2N2. The lowest BCUT2D eigenvalue weighted by Gasteiger charge is -2.21. The van der Waals surface area contributed by atoms with Crippen LogP contribution in [-0.4, -0.2) is 37.9 Å². The smallest absolute Gasteiger partial charge is 0.0444 e. The first kappa shape index (κ1) is 2.86. The van der Waals surface area contributed by atoms with Crippen molar-refractivity contribution in [3.63, 3.8) is 0 Å². The minimum atomic E-state index is -2.67. The van der Waals surface area contributed by atoms with Crippen molar-refractivity contribution in [1.29, 1.82) is 0 Å². The van der Waals surface area contributed by atoms with Crippen LogP contribution in [-0.2, 0) is 0 Å². The Kier molecular flexibility index (Phi) is 2.10. The van der Waals surface area contributed by atoms with Crippen LogP contribution in [0.4, 0.5) is 0 Å². The molecule has 0 amide bonds. The number of likely N-dealkylation sites (N-methyl/N-ethyl adjacent to an activating group) is 1. The molecule has 1 N–H and O–H groups in total. The lowest BCUT2D eigenvalue weighted by molar-refractivity contribution is 0.291. The highest BCUT2D eigenvalue weighted by molar-refractivity contribution is 5.85. The molecule has 0 saturated carbocycles. The zero-order valence-corrected chi connectivity index (χ0v) is 6.40. The average Bonchev–Trinajstić information content (AvgIpc) is 1.98. The molecule has 1 aliphatic rings. The summed E-state index contributed by atoms with van der Waals surface area (Å²) in [5, 5.41) is 1.72. The first-order chi connectivity index (χ1) is 6.36. The summed E-state index contributed by atoms with van der Waals surface area (Å²) in [6, 6.07) is 0. The fraction of sp³-hybridized carbons (Fsp3) is 1.00. The molecule has 0 unspecified atom stereocenters. The normalized spacial score (nSPS) is 55.2. The van der Waals surface area contributed by atoms with Crippen LogP contribution < -0.4 is 5.32 Å². The topological polar surface area (TPSA) is 15.3 Å². The first-order valence-corrected chi connectivity index (χ1v) is 1.89. The second-order valence-electron chi connectivity index (χ2n) is 1.16. The van der Waals surface area contributed by atoms with Gasteiger partial charge in [0, 0.05) is 37.0 Å². The Labute approximate surface area is 80.0 Å². The average molecular weight is 181 g/mol. The summed E-state index contributed by atoms with van der Waals surface area (Å²) in [7, 11) is 1.01. The summed E-state index contributed by atoms with van der Waals surface area (Å²) in [6.45, 7) is -10.6. The molecule has 0 atom stereocenters. The summed E-state index contributed by atoms with van der Waals surface area (Å²) in [4.78, 5) is 0.427. The molecule has 58 valence electrons. The molecule has 1 heterocycles. The van der Waals surface area contributed by atoms with Gasteiger partial charge >= 0.3 is 0 Å². The molecule has 4 heteroatoms. The molecule has 0 aliphatic carbocycles. The summed E-state index contributed by atoms with van der Waals surface area (Å²) in [6.07, 6.45) is 0. The third-order valence-corrected chi connectivity index (χ3v) is 0.572. The van der Waals surface area contributed by atoms with Gasteiger partial charge in [0.2, 0.25) is 0 Å². The molecule has 0 aromatic rings. The molecule has 0 aromatic heterocycles. The van der Waals surface area contributed by atoms with Gasteiger partial charge in [0.05, 0.1) is 0 Å². The second-order valence-corrected chi connectivity index (χ2v) is 1.16. The van der Waals surface area contributed by atoms with Crippen molar-refractivity contribution < 1.29 is 11.0 Å². The fourth-order valence-corrected chi connectivity index (χ4v) is 0.283. The second kappa shape index (κ2) is 6.62. The number of nitrogens with one attached hydrogen (secondary N) is 1. The standard InChI is InChI=1S/C5H12N2.2ClH/c1-7-4-2-6-3-5-7;;/h6H,2-5H2,1H3;2*1H/i2D2,3D2,4D2,5D2;;. The monoisotopic (exact) mass is 180 g/mol. The zero-order chi connectivity index (χ0) is 12.3. The van der Waals surface area contributed by atoms with Gasteiger partial charge in [-0.15, -0.1) is 24.8 Å². The molecule has 0 spiro atoms. The zero-order valence-electron chi connectivity index (χ0n) is 12.8. The molecule has 9 heavy (non-hydrogen) atoms. The quantitative estimate of drug-likeness (QED) is 0.580. The molecule has 0 radical (unpaired) electrons. The van der Waals surface area contributed by atoms with Gasteiger partial charge in [-0.05, 0) is 7.05 Å². The van der Waals surface area contributed by atoms with E-state index in [1.807, 2.05) is 0 Å². The number of piperazine rings is 1. The predicted octanol–water partition coefficient (Wildman–Crippen LogP) is 0.365. The molecule has 0 bridgehead atoms. The minimum Gasteiger partial charge on any atom is -0.314 e. The SMILES string of the molecule is Cl.Cl.[2H]C1([2H])NC([2H])([2H])C([2H])([2H])N(C)C1([2H])[2H]. The van der Waals surface area contributed by atoms with Crippen LogP contribution in [0.1, 0.15) is 11.0 Å². The molecule has 1 fully saturated rings. The molecule has 0 aromatic carbocycles. The van der Waals surface area contributed by atoms with Crippen molar-refractivity contribution in [1.82, 2.24) is 10.2 Å². The highest BCUT2D eigenvalue weighted by Gasteiger charge is 2.01. The van der Waals surface area contributed by atoms with E-state index in [-0.39, 0.29) is 24.8 Å². The van der Waals surface area contributed by atoms with Crippen molar-refractivity contribution >= 4 is 24.8 Å². The van der Waals surface area contributed by atoms with Gasteiger partial charge < -0.3 is 10.2 Å². The maximum Gasteiger partial charge on any atom is 0.0444 e.